The molecule has 0 saturated heterocycles. The normalized spacial score (nSPS) is 10.3. The number of rotatable bonds is 4. The van der Waals surface area contributed by atoms with Crippen LogP contribution in [0.25, 0.3) is 0 Å². The van der Waals surface area contributed by atoms with E-state index in [1.165, 1.54) is 6.07 Å². The molecule has 0 fully saturated rings. The fourth-order valence-electron chi connectivity index (χ4n) is 1.65. The molecule has 0 unspecified atom stereocenters. The molecule has 0 saturated carbocycles. The summed E-state index contributed by atoms with van der Waals surface area (Å²) in [6.07, 6.45) is 0. The lowest BCUT2D eigenvalue weighted by Gasteiger charge is -2.10. The van der Waals surface area contributed by atoms with Crippen LogP contribution in [0.4, 0.5) is 10.1 Å². The van der Waals surface area contributed by atoms with Crippen molar-refractivity contribution >= 4 is 37.5 Å². The van der Waals surface area contributed by atoms with Gasteiger partial charge in [-0.1, -0.05) is 15.9 Å². The maximum Gasteiger partial charge on any atom is 0.135 e. The first-order chi connectivity index (χ1) is 9.10. The highest BCUT2D eigenvalue weighted by Gasteiger charge is 2.05. The Morgan fingerprint density at radius 1 is 1.16 bits per heavy atom. The molecule has 0 aromatic heterocycles. The van der Waals surface area contributed by atoms with Crippen LogP contribution >= 0.6 is 31.9 Å². The molecule has 100 valence electrons. The second-order valence-corrected chi connectivity index (χ2v) is 5.71. The second kappa shape index (κ2) is 6.39. The summed E-state index contributed by atoms with van der Waals surface area (Å²) in [4.78, 5) is 0. The van der Waals surface area contributed by atoms with Crippen molar-refractivity contribution in [2.24, 2.45) is 0 Å². The number of hydrogen-bond acceptors (Lipinski definition) is 2. The van der Waals surface area contributed by atoms with Crippen LogP contribution in [0, 0.1) is 5.82 Å². The van der Waals surface area contributed by atoms with Gasteiger partial charge in [0.05, 0.1) is 11.6 Å². The van der Waals surface area contributed by atoms with Gasteiger partial charge in [0.15, 0.2) is 0 Å². The van der Waals surface area contributed by atoms with E-state index < -0.39 is 0 Å². The molecule has 2 nitrogen and oxygen atoms in total. The first-order valence-electron chi connectivity index (χ1n) is 5.61. The van der Waals surface area contributed by atoms with Crippen molar-refractivity contribution in [2.45, 2.75) is 6.54 Å². The molecule has 0 heterocycles. The number of methoxy groups -OCH3 is 1. The molecule has 1 N–H and O–H groups in total. The van der Waals surface area contributed by atoms with Crippen molar-refractivity contribution in [3.63, 3.8) is 0 Å². The van der Waals surface area contributed by atoms with E-state index in [1.807, 2.05) is 18.2 Å². The summed E-state index contributed by atoms with van der Waals surface area (Å²) in [5, 5.41) is 3.17. The first-order valence-corrected chi connectivity index (χ1v) is 7.20. The van der Waals surface area contributed by atoms with Crippen molar-refractivity contribution in [1.29, 1.82) is 0 Å². The number of benzene rings is 2. The van der Waals surface area contributed by atoms with E-state index in [1.54, 1.807) is 19.2 Å². The molecule has 0 spiro atoms. The average Bonchev–Trinajstić information content (AvgIpc) is 2.41. The Hall–Kier alpha value is -1.07. The highest BCUT2D eigenvalue weighted by atomic mass is 79.9. The SMILES string of the molecule is COc1cc(NCc2cc(Br)ccc2F)ccc1Br. The minimum Gasteiger partial charge on any atom is -0.495 e. The third-order valence-electron chi connectivity index (χ3n) is 2.64. The fraction of sp³-hybridized carbons (Fsp3) is 0.143. The Bertz CT molecular complexity index is 590. The van der Waals surface area contributed by atoms with Gasteiger partial charge in [-0.25, -0.2) is 4.39 Å². The van der Waals surface area contributed by atoms with Crippen LogP contribution in [0.5, 0.6) is 5.75 Å². The summed E-state index contributed by atoms with van der Waals surface area (Å²) in [7, 11) is 1.61. The summed E-state index contributed by atoms with van der Waals surface area (Å²) in [5.41, 5.74) is 1.48. The quantitative estimate of drug-likeness (QED) is 0.798. The molecule has 2 rings (SSSR count). The number of halogens is 3. The van der Waals surface area contributed by atoms with Gasteiger partial charge in [0, 0.05) is 28.3 Å². The van der Waals surface area contributed by atoms with Crippen LogP contribution in [-0.4, -0.2) is 7.11 Å². The van der Waals surface area contributed by atoms with E-state index in [9.17, 15) is 4.39 Å². The predicted molar refractivity (Wildman–Crippen MR) is 82.1 cm³/mol. The zero-order chi connectivity index (χ0) is 13.8. The maximum atomic E-state index is 13.6. The monoisotopic (exact) mass is 387 g/mol. The average molecular weight is 389 g/mol. The molecular weight excluding hydrogens is 377 g/mol. The first kappa shape index (κ1) is 14.3. The van der Waals surface area contributed by atoms with Crippen molar-refractivity contribution in [1.82, 2.24) is 0 Å². The number of anilines is 1. The molecule has 0 atom stereocenters. The van der Waals surface area contributed by atoms with Gasteiger partial charge in [0.2, 0.25) is 0 Å². The third kappa shape index (κ3) is 3.70. The molecule has 0 aliphatic heterocycles. The topological polar surface area (TPSA) is 21.3 Å². The molecular formula is C14H12Br2FNO. The highest BCUT2D eigenvalue weighted by molar-refractivity contribution is 9.10. The fourth-order valence-corrected chi connectivity index (χ4v) is 2.46. The Labute approximate surface area is 128 Å². The standard InChI is InChI=1S/C14H12Br2FNO/c1-19-14-7-11(3-4-12(14)16)18-8-9-6-10(15)2-5-13(9)17/h2-7,18H,8H2,1H3. The van der Waals surface area contributed by atoms with E-state index in [0.717, 1.165) is 20.4 Å². The molecule has 0 amide bonds. The van der Waals surface area contributed by atoms with Crippen molar-refractivity contribution in [3.05, 3.63) is 56.7 Å². The van der Waals surface area contributed by atoms with E-state index in [0.29, 0.717) is 12.1 Å². The summed E-state index contributed by atoms with van der Waals surface area (Å²) in [5.74, 6) is 0.513. The van der Waals surface area contributed by atoms with E-state index in [2.05, 4.69) is 37.2 Å². The lowest BCUT2D eigenvalue weighted by Crippen LogP contribution is -2.02. The third-order valence-corrected chi connectivity index (χ3v) is 3.79. The Morgan fingerprint density at radius 2 is 1.95 bits per heavy atom. The molecule has 0 aliphatic carbocycles. The van der Waals surface area contributed by atoms with Gasteiger partial charge >= 0.3 is 0 Å². The zero-order valence-electron chi connectivity index (χ0n) is 10.2. The molecule has 0 radical (unpaired) electrons. The van der Waals surface area contributed by atoms with Gasteiger partial charge in [-0.3, -0.25) is 0 Å². The van der Waals surface area contributed by atoms with Crippen molar-refractivity contribution < 1.29 is 9.13 Å². The van der Waals surface area contributed by atoms with Crippen molar-refractivity contribution in [3.8, 4) is 5.75 Å². The smallest absolute Gasteiger partial charge is 0.135 e. The summed E-state index contributed by atoms with van der Waals surface area (Å²) in [6, 6.07) is 10.5. The molecule has 0 bridgehead atoms. The minimum atomic E-state index is -0.222. The zero-order valence-corrected chi connectivity index (χ0v) is 13.4. The van der Waals surface area contributed by atoms with Crippen LogP contribution < -0.4 is 10.1 Å². The lowest BCUT2D eigenvalue weighted by molar-refractivity contribution is 0.412. The van der Waals surface area contributed by atoms with Crippen LogP contribution in [-0.2, 0) is 6.54 Å². The van der Waals surface area contributed by atoms with Crippen molar-refractivity contribution in [2.75, 3.05) is 12.4 Å². The molecule has 5 heteroatoms. The number of ether oxygens (including phenoxy) is 1. The molecule has 2 aromatic carbocycles. The van der Waals surface area contributed by atoms with Gasteiger partial charge < -0.3 is 10.1 Å². The van der Waals surface area contributed by atoms with Crippen LogP contribution in [0.1, 0.15) is 5.56 Å². The van der Waals surface area contributed by atoms with E-state index in [-0.39, 0.29) is 5.82 Å². The van der Waals surface area contributed by atoms with Gasteiger partial charge in [-0.05, 0) is 46.3 Å². The maximum absolute atomic E-state index is 13.6. The largest absolute Gasteiger partial charge is 0.495 e. The van der Waals surface area contributed by atoms with E-state index >= 15 is 0 Å². The summed E-state index contributed by atoms with van der Waals surface area (Å²) >= 11 is 6.72. The van der Waals surface area contributed by atoms with Gasteiger partial charge in [0.1, 0.15) is 11.6 Å². The second-order valence-electron chi connectivity index (χ2n) is 3.94. The summed E-state index contributed by atoms with van der Waals surface area (Å²) < 4.78 is 20.5. The van der Waals surface area contributed by atoms with E-state index in [4.69, 9.17) is 4.74 Å². The Kier molecular flexibility index (Phi) is 4.82. The highest BCUT2D eigenvalue weighted by Crippen LogP contribution is 2.28. The summed E-state index contributed by atoms with van der Waals surface area (Å²) in [6.45, 7) is 0.413. The minimum absolute atomic E-state index is 0.222. The van der Waals surface area contributed by atoms with Gasteiger partial charge in [-0.2, -0.15) is 0 Å². The Morgan fingerprint density at radius 3 is 2.68 bits per heavy atom. The number of hydrogen-bond donors (Lipinski definition) is 1. The molecule has 19 heavy (non-hydrogen) atoms. The van der Waals surface area contributed by atoms with Gasteiger partial charge in [0.25, 0.3) is 0 Å². The molecule has 2 aromatic rings. The van der Waals surface area contributed by atoms with Crippen LogP contribution in [0.3, 0.4) is 0 Å². The predicted octanol–water partition coefficient (Wildman–Crippen LogP) is 4.97. The lowest BCUT2D eigenvalue weighted by atomic mass is 10.2. The van der Waals surface area contributed by atoms with Crippen LogP contribution in [0.2, 0.25) is 0 Å². The van der Waals surface area contributed by atoms with Gasteiger partial charge in [-0.15, -0.1) is 0 Å². The number of nitrogens with one attached hydrogen (secondary N) is 1. The molecule has 0 aliphatic rings. The van der Waals surface area contributed by atoms with Crippen LogP contribution in [0.15, 0.2) is 45.3 Å². The Balaban J connectivity index is 2.12.